The maximum atomic E-state index is 14.1. The molecule has 1 saturated heterocycles. The van der Waals surface area contributed by atoms with Crippen LogP contribution in [0.5, 0.6) is 0 Å². The number of carbonyl (C=O) groups is 3. The van der Waals surface area contributed by atoms with Crippen molar-refractivity contribution < 1.29 is 28.6 Å². The molecule has 0 radical (unpaired) electrons. The number of halogens is 1. The Bertz CT molecular complexity index is 680. The molecule has 0 spiro atoms. The number of carboxylic acid groups (broad SMARTS) is 1. The highest BCUT2D eigenvalue weighted by molar-refractivity contribution is 5.98. The third kappa shape index (κ3) is 3.90. The van der Waals surface area contributed by atoms with Crippen molar-refractivity contribution in [2.75, 3.05) is 6.54 Å². The molecule has 130 valence electrons. The van der Waals surface area contributed by atoms with Crippen LogP contribution in [0, 0.1) is 5.82 Å². The van der Waals surface area contributed by atoms with Gasteiger partial charge in [0.05, 0.1) is 11.1 Å². The van der Waals surface area contributed by atoms with E-state index in [-0.39, 0.29) is 11.1 Å². The smallest absolute Gasteiger partial charge is 0.335 e. The molecular weight excluding hydrogens is 317 g/mol. The third-order valence-corrected chi connectivity index (χ3v) is 3.64. The van der Waals surface area contributed by atoms with Gasteiger partial charge in [-0.25, -0.2) is 14.0 Å². The van der Waals surface area contributed by atoms with E-state index in [1.807, 2.05) is 0 Å². The van der Waals surface area contributed by atoms with Crippen LogP contribution in [0.15, 0.2) is 18.2 Å². The van der Waals surface area contributed by atoms with Gasteiger partial charge in [-0.15, -0.1) is 0 Å². The summed E-state index contributed by atoms with van der Waals surface area (Å²) >= 11 is 0. The van der Waals surface area contributed by atoms with Crippen molar-refractivity contribution >= 4 is 17.8 Å². The van der Waals surface area contributed by atoms with E-state index in [1.165, 1.54) is 4.90 Å². The Labute approximate surface area is 139 Å². The Morgan fingerprint density at radius 3 is 2.50 bits per heavy atom. The van der Waals surface area contributed by atoms with Gasteiger partial charge in [-0.3, -0.25) is 4.79 Å². The maximum Gasteiger partial charge on any atom is 0.335 e. The summed E-state index contributed by atoms with van der Waals surface area (Å²) in [7, 11) is 0. The summed E-state index contributed by atoms with van der Waals surface area (Å²) in [5.74, 6) is -3.36. The van der Waals surface area contributed by atoms with E-state index in [0.29, 0.717) is 19.4 Å². The largest absolute Gasteiger partial charge is 0.478 e. The highest BCUT2D eigenvalue weighted by atomic mass is 19.1. The highest BCUT2D eigenvalue weighted by Crippen LogP contribution is 2.24. The third-order valence-electron chi connectivity index (χ3n) is 3.64. The minimum absolute atomic E-state index is 0.242. The quantitative estimate of drug-likeness (QED) is 0.857. The number of amides is 1. The number of hydrogen-bond acceptors (Lipinski definition) is 4. The Hall–Kier alpha value is -2.44. The SMILES string of the molecule is CC(C)(C)OC(=O)[C@@H]1CCCN1C(=O)c1ccc(C(=O)O)cc1F. The highest BCUT2D eigenvalue weighted by Gasteiger charge is 2.38. The summed E-state index contributed by atoms with van der Waals surface area (Å²) in [4.78, 5) is 36.9. The summed E-state index contributed by atoms with van der Waals surface area (Å²) < 4.78 is 19.4. The Kier molecular flexibility index (Phi) is 4.91. The molecule has 1 N–H and O–H groups in total. The van der Waals surface area contributed by atoms with Crippen LogP contribution in [-0.2, 0) is 9.53 Å². The van der Waals surface area contributed by atoms with Gasteiger partial charge in [0.15, 0.2) is 0 Å². The van der Waals surface area contributed by atoms with Crippen LogP contribution >= 0.6 is 0 Å². The molecule has 1 atom stereocenters. The zero-order valence-corrected chi connectivity index (χ0v) is 13.8. The number of rotatable bonds is 3. The van der Waals surface area contributed by atoms with E-state index in [0.717, 1.165) is 18.2 Å². The van der Waals surface area contributed by atoms with Crippen LogP contribution in [0.2, 0.25) is 0 Å². The molecule has 0 bridgehead atoms. The number of esters is 1. The summed E-state index contributed by atoms with van der Waals surface area (Å²) in [6.45, 7) is 5.52. The minimum Gasteiger partial charge on any atom is -0.478 e. The van der Waals surface area contributed by atoms with Crippen molar-refractivity contribution in [1.82, 2.24) is 4.90 Å². The van der Waals surface area contributed by atoms with Gasteiger partial charge in [-0.05, 0) is 51.8 Å². The monoisotopic (exact) mass is 337 g/mol. The molecule has 0 aromatic heterocycles. The molecule has 0 unspecified atom stereocenters. The molecule has 7 heteroatoms. The molecule has 6 nitrogen and oxygen atoms in total. The molecule has 1 aromatic carbocycles. The van der Waals surface area contributed by atoms with E-state index in [9.17, 15) is 18.8 Å². The van der Waals surface area contributed by atoms with Gasteiger partial charge >= 0.3 is 11.9 Å². The standard InChI is InChI=1S/C17H20FNO5/c1-17(2,3)24-16(23)13-5-4-8-19(13)14(20)11-7-6-10(15(21)22)9-12(11)18/h6-7,9,13H,4-5,8H2,1-3H3,(H,21,22)/t13-/m0/s1. The lowest BCUT2D eigenvalue weighted by molar-refractivity contribution is -0.159. The van der Waals surface area contributed by atoms with Crippen LogP contribution in [0.4, 0.5) is 4.39 Å². The molecule has 1 fully saturated rings. The normalized spacial score (nSPS) is 17.7. The summed E-state index contributed by atoms with van der Waals surface area (Å²) in [5, 5.41) is 8.85. The van der Waals surface area contributed by atoms with Gasteiger partial charge in [0.2, 0.25) is 0 Å². The minimum atomic E-state index is -1.28. The average molecular weight is 337 g/mol. The molecule has 1 aromatic rings. The number of likely N-dealkylation sites (tertiary alicyclic amines) is 1. The number of aromatic carboxylic acids is 1. The Morgan fingerprint density at radius 2 is 1.96 bits per heavy atom. The lowest BCUT2D eigenvalue weighted by Crippen LogP contribution is -2.43. The van der Waals surface area contributed by atoms with Gasteiger partial charge in [-0.2, -0.15) is 0 Å². The molecule has 2 rings (SSSR count). The van der Waals surface area contributed by atoms with Crippen LogP contribution in [0.25, 0.3) is 0 Å². The van der Waals surface area contributed by atoms with Gasteiger partial charge in [0.25, 0.3) is 5.91 Å². The van der Waals surface area contributed by atoms with Crippen molar-refractivity contribution in [3.63, 3.8) is 0 Å². The molecule has 1 heterocycles. The van der Waals surface area contributed by atoms with Crippen LogP contribution in [0.3, 0.4) is 0 Å². The second kappa shape index (κ2) is 6.59. The first-order chi connectivity index (χ1) is 11.1. The van der Waals surface area contributed by atoms with Crippen LogP contribution in [-0.4, -0.2) is 46.0 Å². The molecule has 24 heavy (non-hydrogen) atoms. The topological polar surface area (TPSA) is 83.9 Å². The van der Waals surface area contributed by atoms with E-state index in [1.54, 1.807) is 20.8 Å². The predicted molar refractivity (Wildman–Crippen MR) is 83.3 cm³/mol. The first kappa shape index (κ1) is 17.9. The average Bonchev–Trinajstić information content (AvgIpc) is 2.94. The van der Waals surface area contributed by atoms with E-state index >= 15 is 0 Å². The van der Waals surface area contributed by atoms with E-state index < -0.39 is 35.3 Å². The second-order valence-electron chi connectivity index (χ2n) is 6.69. The van der Waals surface area contributed by atoms with Gasteiger partial charge in [0.1, 0.15) is 17.5 Å². The number of nitrogens with zero attached hydrogens (tertiary/aromatic N) is 1. The number of hydrogen-bond donors (Lipinski definition) is 1. The van der Waals surface area contributed by atoms with E-state index in [2.05, 4.69) is 0 Å². The zero-order valence-electron chi connectivity index (χ0n) is 13.8. The molecule has 1 amide bonds. The van der Waals surface area contributed by atoms with E-state index in [4.69, 9.17) is 9.84 Å². The number of benzene rings is 1. The lowest BCUT2D eigenvalue weighted by Gasteiger charge is -2.27. The van der Waals surface area contributed by atoms with Gasteiger partial charge in [-0.1, -0.05) is 0 Å². The predicted octanol–water partition coefficient (Wildman–Crippen LogP) is 2.47. The second-order valence-corrected chi connectivity index (χ2v) is 6.69. The first-order valence-corrected chi connectivity index (χ1v) is 7.67. The molecular formula is C17H20FNO5. The van der Waals surface area contributed by atoms with Crippen molar-refractivity contribution in [3.8, 4) is 0 Å². The van der Waals surface area contributed by atoms with Crippen LogP contribution in [0.1, 0.15) is 54.3 Å². The van der Waals surface area contributed by atoms with Gasteiger partial charge in [0, 0.05) is 6.54 Å². The molecule has 0 aliphatic carbocycles. The summed E-state index contributed by atoms with van der Waals surface area (Å²) in [5.41, 5.74) is -1.17. The van der Waals surface area contributed by atoms with Crippen molar-refractivity contribution in [3.05, 3.63) is 35.1 Å². The molecule has 0 saturated carbocycles. The first-order valence-electron chi connectivity index (χ1n) is 7.67. The summed E-state index contributed by atoms with van der Waals surface area (Å²) in [6.07, 6.45) is 1.07. The van der Waals surface area contributed by atoms with Gasteiger partial charge < -0.3 is 14.7 Å². The fourth-order valence-corrected chi connectivity index (χ4v) is 2.60. The fourth-order valence-electron chi connectivity index (χ4n) is 2.60. The lowest BCUT2D eigenvalue weighted by atomic mass is 10.1. The van der Waals surface area contributed by atoms with Crippen molar-refractivity contribution in [2.24, 2.45) is 0 Å². The van der Waals surface area contributed by atoms with Crippen LogP contribution < -0.4 is 0 Å². The van der Waals surface area contributed by atoms with Crippen molar-refractivity contribution in [1.29, 1.82) is 0 Å². The molecule has 1 aliphatic heterocycles. The summed E-state index contributed by atoms with van der Waals surface area (Å²) in [6, 6.07) is 2.34. The fraction of sp³-hybridized carbons (Fsp3) is 0.471. The number of ether oxygens (including phenoxy) is 1. The maximum absolute atomic E-state index is 14.1. The number of carboxylic acids is 1. The number of carbonyl (C=O) groups excluding carboxylic acids is 2. The Balaban J connectivity index is 2.22. The molecule has 1 aliphatic rings. The Morgan fingerprint density at radius 1 is 1.29 bits per heavy atom. The zero-order chi connectivity index (χ0) is 18.1. The van der Waals surface area contributed by atoms with Crippen molar-refractivity contribution in [2.45, 2.75) is 45.3 Å².